The molecule has 0 aromatic rings. The van der Waals surface area contributed by atoms with Crippen molar-refractivity contribution >= 4 is 18.0 Å². The van der Waals surface area contributed by atoms with E-state index < -0.39 is 12.6 Å². The molecule has 0 saturated heterocycles. The second-order valence-electron chi connectivity index (χ2n) is 10.4. The summed E-state index contributed by atoms with van der Waals surface area (Å²) in [5, 5.41) is 23.3. The van der Waals surface area contributed by atoms with Gasteiger partial charge >= 0.3 is 5.97 Å². The molecule has 8 atom stereocenters. The lowest BCUT2D eigenvalue weighted by molar-refractivity contribution is -0.142. The first-order valence-electron chi connectivity index (χ1n) is 11.3. The molecule has 0 aromatic carbocycles. The summed E-state index contributed by atoms with van der Waals surface area (Å²) in [6.07, 6.45) is 10.7. The number of aliphatic carboxylic acids is 1. The number of aliphatic hydroxyl groups excluding tert-OH is 1. The third-order valence-corrected chi connectivity index (χ3v) is 9.25. The number of carboxylic acid groups (broad SMARTS) is 1. The first-order valence-corrected chi connectivity index (χ1v) is 11.3. The van der Waals surface area contributed by atoms with E-state index in [0.717, 1.165) is 51.4 Å². The quantitative estimate of drug-likeness (QED) is 0.537. The summed E-state index contributed by atoms with van der Waals surface area (Å²) in [5.74, 6) is 1.54. The molecule has 0 amide bonds. The first-order chi connectivity index (χ1) is 13.8. The Labute approximate surface area is 173 Å². The molecule has 0 radical (unpaired) electrons. The van der Waals surface area contributed by atoms with Gasteiger partial charge < -0.3 is 15.1 Å². The lowest BCUT2D eigenvalue weighted by atomic mass is 9.44. The van der Waals surface area contributed by atoms with Gasteiger partial charge in [-0.2, -0.15) is 0 Å². The van der Waals surface area contributed by atoms with Crippen LogP contribution in [-0.4, -0.2) is 40.9 Å². The van der Waals surface area contributed by atoms with E-state index in [4.69, 9.17) is 9.94 Å². The van der Waals surface area contributed by atoms with Crippen molar-refractivity contribution in [3.63, 3.8) is 0 Å². The smallest absolute Gasteiger partial charge is 0.344 e. The molecule has 0 spiro atoms. The largest absolute Gasteiger partial charge is 0.479 e. The summed E-state index contributed by atoms with van der Waals surface area (Å²) in [7, 11) is 0. The SMILES string of the molecule is CC(=O)[C@H]1CC[C@H]2[C@@H]3CC[C@@H]4C[C@H](O)CC[C@]4(/C=N/OCC(=O)O)[C@H]3CC[C@]12C. The van der Waals surface area contributed by atoms with Gasteiger partial charge in [0.05, 0.1) is 12.3 Å². The van der Waals surface area contributed by atoms with Gasteiger partial charge in [0.1, 0.15) is 5.78 Å². The molecule has 0 aliphatic heterocycles. The van der Waals surface area contributed by atoms with E-state index in [-0.39, 0.29) is 22.9 Å². The maximum atomic E-state index is 12.3. The molecule has 4 aliphatic carbocycles. The fourth-order valence-corrected chi connectivity index (χ4v) is 8.07. The van der Waals surface area contributed by atoms with Crippen LogP contribution in [0.5, 0.6) is 0 Å². The average molecular weight is 406 g/mol. The van der Waals surface area contributed by atoms with Crippen molar-refractivity contribution in [1.82, 2.24) is 0 Å². The second kappa shape index (κ2) is 7.68. The van der Waals surface area contributed by atoms with Crippen molar-refractivity contribution < 1.29 is 24.6 Å². The standard InChI is InChI=1S/C23H35NO5/c1-14(25)18-5-6-19-17-4-3-15-11-16(26)7-10-23(15,13-24-29-12-21(27)28)20(17)8-9-22(18,19)2/h13,15-20,26H,3-12H2,1-2H3,(H,27,28)/b24-13+/t15-,16-,17+,18-,19+,20+,22-,23-/m1/s1. The number of nitrogens with zero attached hydrogens (tertiary/aromatic N) is 1. The maximum Gasteiger partial charge on any atom is 0.344 e. The molecule has 2 N–H and O–H groups in total. The van der Waals surface area contributed by atoms with Crippen LogP contribution in [0.2, 0.25) is 0 Å². The number of rotatable bonds is 5. The van der Waals surface area contributed by atoms with Crippen LogP contribution in [0, 0.1) is 40.4 Å². The second-order valence-corrected chi connectivity index (χ2v) is 10.4. The number of aliphatic hydroxyl groups is 1. The molecule has 6 heteroatoms. The molecular formula is C23H35NO5. The van der Waals surface area contributed by atoms with Gasteiger partial charge in [-0.05, 0) is 93.8 Å². The van der Waals surface area contributed by atoms with E-state index >= 15 is 0 Å². The summed E-state index contributed by atoms with van der Waals surface area (Å²) in [4.78, 5) is 28.2. The monoisotopic (exact) mass is 405 g/mol. The molecular weight excluding hydrogens is 370 g/mol. The highest BCUT2D eigenvalue weighted by molar-refractivity contribution is 5.79. The number of Topliss-reactive ketones (excluding diaryl/α,β-unsaturated/α-hetero) is 1. The maximum absolute atomic E-state index is 12.3. The van der Waals surface area contributed by atoms with Crippen LogP contribution in [0.15, 0.2) is 5.16 Å². The Morgan fingerprint density at radius 3 is 2.62 bits per heavy atom. The molecule has 6 nitrogen and oxygen atoms in total. The predicted molar refractivity (Wildman–Crippen MR) is 108 cm³/mol. The Balaban J connectivity index is 1.62. The van der Waals surface area contributed by atoms with Crippen molar-refractivity contribution in [2.75, 3.05) is 6.61 Å². The Hall–Kier alpha value is -1.43. The van der Waals surface area contributed by atoms with E-state index in [0.29, 0.717) is 29.5 Å². The number of fused-ring (bicyclic) bond motifs is 5. The number of hydrogen-bond acceptors (Lipinski definition) is 5. The van der Waals surface area contributed by atoms with Gasteiger partial charge in [0.2, 0.25) is 6.61 Å². The minimum Gasteiger partial charge on any atom is -0.479 e. The Morgan fingerprint density at radius 1 is 1.10 bits per heavy atom. The van der Waals surface area contributed by atoms with Crippen LogP contribution in [0.1, 0.15) is 71.6 Å². The van der Waals surface area contributed by atoms with Gasteiger partial charge in [-0.3, -0.25) is 4.79 Å². The third kappa shape index (κ3) is 3.41. The molecule has 0 heterocycles. The van der Waals surface area contributed by atoms with E-state index in [1.807, 2.05) is 6.21 Å². The molecule has 4 rings (SSSR count). The minimum absolute atomic E-state index is 0.115. The minimum atomic E-state index is -1.02. The van der Waals surface area contributed by atoms with Crippen LogP contribution in [-0.2, 0) is 14.4 Å². The zero-order valence-corrected chi connectivity index (χ0v) is 17.7. The zero-order chi connectivity index (χ0) is 20.8. The topological polar surface area (TPSA) is 96.2 Å². The number of oxime groups is 1. The molecule has 0 aromatic heterocycles. The Morgan fingerprint density at radius 2 is 1.90 bits per heavy atom. The van der Waals surface area contributed by atoms with Crippen molar-refractivity contribution in [3.8, 4) is 0 Å². The van der Waals surface area contributed by atoms with Crippen LogP contribution in [0.3, 0.4) is 0 Å². The highest BCUT2D eigenvalue weighted by Gasteiger charge is 2.61. The van der Waals surface area contributed by atoms with Crippen molar-refractivity contribution in [1.29, 1.82) is 0 Å². The molecule has 4 aliphatic rings. The van der Waals surface area contributed by atoms with E-state index in [1.165, 1.54) is 6.42 Å². The molecule has 4 fully saturated rings. The van der Waals surface area contributed by atoms with Gasteiger partial charge in [0.15, 0.2) is 0 Å². The fourth-order valence-electron chi connectivity index (χ4n) is 8.07. The average Bonchev–Trinajstić information content (AvgIpc) is 3.02. The summed E-state index contributed by atoms with van der Waals surface area (Å²) < 4.78 is 0. The zero-order valence-electron chi connectivity index (χ0n) is 17.7. The summed E-state index contributed by atoms with van der Waals surface area (Å²) >= 11 is 0. The van der Waals surface area contributed by atoms with Crippen molar-refractivity contribution in [2.24, 2.45) is 45.6 Å². The molecule has 29 heavy (non-hydrogen) atoms. The number of carbonyl (C=O) groups is 2. The van der Waals surface area contributed by atoms with Crippen molar-refractivity contribution in [3.05, 3.63) is 0 Å². The first kappa shape index (κ1) is 20.8. The lowest BCUT2D eigenvalue weighted by Crippen LogP contribution is -2.56. The van der Waals surface area contributed by atoms with Gasteiger partial charge in [0.25, 0.3) is 0 Å². The number of ketones is 1. The van der Waals surface area contributed by atoms with Crippen LogP contribution in [0.25, 0.3) is 0 Å². The normalized spacial score (nSPS) is 46.6. The van der Waals surface area contributed by atoms with Gasteiger partial charge in [-0.1, -0.05) is 12.1 Å². The number of carboxylic acids is 1. The summed E-state index contributed by atoms with van der Waals surface area (Å²) in [6.45, 7) is 3.69. The van der Waals surface area contributed by atoms with E-state index in [1.54, 1.807) is 6.92 Å². The summed E-state index contributed by atoms with van der Waals surface area (Å²) in [5.41, 5.74) is 0.00243. The van der Waals surface area contributed by atoms with E-state index in [9.17, 15) is 14.7 Å². The Kier molecular flexibility index (Phi) is 5.51. The van der Waals surface area contributed by atoms with E-state index in [2.05, 4.69) is 12.1 Å². The van der Waals surface area contributed by atoms with Gasteiger partial charge in [0, 0.05) is 11.3 Å². The molecule has 4 saturated carbocycles. The van der Waals surface area contributed by atoms with Crippen molar-refractivity contribution in [2.45, 2.75) is 77.7 Å². The van der Waals surface area contributed by atoms with Gasteiger partial charge in [-0.15, -0.1) is 0 Å². The van der Waals surface area contributed by atoms with Crippen LogP contribution >= 0.6 is 0 Å². The highest BCUT2D eigenvalue weighted by atomic mass is 16.6. The lowest BCUT2D eigenvalue weighted by Gasteiger charge is -2.60. The Bertz CT molecular complexity index is 693. The molecule has 0 bridgehead atoms. The predicted octanol–water partition coefficient (Wildman–Crippen LogP) is 3.66. The van der Waals surface area contributed by atoms with Crippen LogP contribution < -0.4 is 0 Å². The molecule has 162 valence electrons. The van der Waals surface area contributed by atoms with Crippen LogP contribution in [0.4, 0.5) is 0 Å². The highest BCUT2D eigenvalue weighted by Crippen LogP contribution is 2.67. The van der Waals surface area contributed by atoms with Gasteiger partial charge in [-0.25, -0.2) is 4.79 Å². The number of carbonyl (C=O) groups excluding carboxylic acids is 1. The molecule has 0 unspecified atom stereocenters. The number of hydrogen-bond donors (Lipinski definition) is 2. The third-order valence-electron chi connectivity index (χ3n) is 9.25. The fraction of sp³-hybridized carbons (Fsp3) is 0.870. The summed E-state index contributed by atoms with van der Waals surface area (Å²) in [6, 6.07) is 0.